The Labute approximate surface area is 115 Å². The van der Waals surface area contributed by atoms with Crippen molar-refractivity contribution in [3.8, 4) is 0 Å². The topological polar surface area (TPSA) is 61.2 Å². The van der Waals surface area contributed by atoms with Crippen molar-refractivity contribution in [2.75, 3.05) is 19.8 Å². The summed E-state index contributed by atoms with van der Waals surface area (Å²) in [5, 5.41) is 11.5. The normalized spacial score (nSPS) is 18.4. The van der Waals surface area contributed by atoms with Crippen LogP contribution in [0.1, 0.15) is 31.5 Å². The zero-order chi connectivity index (χ0) is 13.0. The molecule has 1 fully saturated rings. The highest BCUT2D eigenvalue weighted by Crippen LogP contribution is 2.26. The average molecular weight is 319 g/mol. The molecular formula is C11H19BrN4O2. The molecular weight excluding hydrogens is 300 g/mol. The molecule has 1 unspecified atom stereocenters. The number of nitrogens with one attached hydrogen (secondary N) is 1. The van der Waals surface area contributed by atoms with Crippen LogP contribution < -0.4 is 5.32 Å². The Bertz CT molecular complexity index is 360. The molecule has 0 bridgehead atoms. The van der Waals surface area contributed by atoms with Crippen molar-refractivity contribution in [1.82, 2.24) is 20.3 Å². The van der Waals surface area contributed by atoms with Gasteiger partial charge in [-0.25, -0.2) is 4.68 Å². The lowest BCUT2D eigenvalue weighted by molar-refractivity contribution is -0.0534. The van der Waals surface area contributed by atoms with Gasteiger partial charge in [0.25, 0.3) is 0 Å². The Morgan fingerprint density at radius 3 is 2.78 bits per heavy atom. The number of ether oxygens (including phenoxy) is 2. The maximum atomic E-state index is 5.51. The predicted molar refractivity (Wildman–Crippen MR) is 70.0 cm³/mol. The van der Waals surface area contributed by atoms with Crippen LogP contribution in [0.4, 0.5) is 0 Å². The summed E-state index contributed by atoms with van der Waals surface area (Å²) in [7, 11) is 1.89. The third-order valence-electron chi connectivity index (χ3n) is 2.92. The molecule has 1 aliphatic heterocycles. The summed E-state index contributed by atoms with van der Waals surface area (Å²) in [6.07, 6.45) is 1.70. The SMILES string of the molecule is CCCNC(CC1OCCO1)c1c(Br)nnn1C. The lowest BCUT2D eigenvalue weighted by atomic mass is 10.1. The molecule has 0 spiro atoms. The Morgan fingerprint density at radius 1 is 1.50 bits per heavy atom. The lowest BCUT2D eigenvalue weighted by Crippen LogP contribution is -2.28. The number of aromatic nitrogens is 3. The van der Waals surface area contributed by atoms with Crippen molar-refractivity contribution in [1.29, 1.82) is 0 Å². The largest absolute Gasteiger partial charge is 0.350 e. The number of hydrogen-bond donors (Lipinski definition) is 1. The summed E-state index contributed by atoms with van der Waals surface area (Å²) in [6.45, 7) is 4.43. The fourth-order valence-electron chi connectivity index (χ4n) is 2.05. The van der Waals surface area contributed by atoms with Crippen molar-refractivity contribution in [3.05, 3.63) is 10.3 Å². The highest BCUT2D eigenvalue weighted by molar-refractivity contribution is 9.10. The lowest BCUT2D eigenvalue weighted by Gasteiger charge is -2.21. The van der Waals surface area contributed by atoms with E-state index in [1.807, 2.05) is 7.05 Å². The van der Waals surface area contributed by atoms with Crippen LogP contribution in [0.2, 0.25) is 0 Å². The molecule has 1 atom stereocenters. The monoisotopic (exact) mass is 318 g/mol. The minimum absolute atomic E-state index is 0.127. The zero-order valence-corrected chi connectivity index (χ0v) is 12.3. The first-order valence-electron chi connectivity index (χ1n) is 6.24. The van der Waals surface area contributed by atoms with Crippen LogP contribution in [0.5, 0.6) is 0 Å². The molecule has 1 N–H and O–H groups in total. The third kappa shape index (κ3) is 3.28. The Kier molecular flexibility index (Phi) is 5.11. The van der Waals surface area contributed by atoms with Gasteiger partial charge < -0.3 is 14.8 Å². The van der Waals surface area contributed by atoms with E-state index in [2.05, 4.69) is 38.5 Å². The van der Waals surface area contributed by atoms with Gasteiger partial charge in [0.1, 0.15) is 0 Å². The van der Waals surface area contributed by atoms with E-state index in [-0.39, 0.29) is 12.3 Å². The van der Waals surface area contributed by atoms with Gasteiger partial charge in [-0.3, -0.25) is 0 Å². The van der Waals surface area contributed by atoms with E-state index >= 15 is 0 Å². The molecule has 18 heavy (non-hydrogen) atoms. The van der Waals surface area contributed by atoms with E-state index in [1.54, 1.807) is 4.68 Å². The summed E-state index contributed by atoms with van der Waals surface area (Å²) in [5.41, 5.74) is 1.03. The molecule has 1 aromatic rings. The van der Waals surface area contributed by atoms with Crippen molar-refractivity contribution in [3.63, 3.8) is 0 Å². The second-order valence-electron chi connectivity index (χ2n) is 4.30. The molecule has 0 amide bonds. The predicted octanol–water partition coefficient (Wildman–Crippen LogP) is 1.38. The van der Waals surface area contributed by atoms with E-state index < -0.39 is 0 Å². The van der Waals surface area contributed by atoms with Crippen LogP contribution in [0.25, 0.3) is 0 Å². The summed E-state index contributed by atoms with van der Waals surface area (Å²) in [4.78, 5) is 0. The Hall–Kier alpha value is -0.500. The molecule has 102 valence electrons. The van der Waals surface area contributed by atoms with Gasteiger partial charge in [0.05, 0.1) is 24.9 Å². The molecule has 0 saturated carbocycles. The first-order valence-corrected chi connectivity index (χ1v) is 7.03. The molecule has 0 aliphatic carbocycles. The smallest absolute Gasteiger partial charge is 0.159 e. The van der Waals surface area contributed by atoms with Gasteiger partial charge in [0.2, 0.25) is 0 Å². The van der Waals surface area contributed by atoms with E-state index in [4.69, 9.17) is 9.47 Å². The highest BCUT2D eigenvalue weighted by Gasteiger charge is 2.26. The molecule has 6 nitrogen and oxygen atoms in total. The first-order chi connectivity index (χ1) is 8.72. The molecule has 1 aromatic heterocycles. The third-order valence-corrected chi connectivity index (χ3v) is 3.48. The van der Waals surface area contributed by atoms with Crippen LogP contribution in [0, 0.1) is 0 Å². The average Bonchev–Trinajstić information content (AvgIpc) is 2.96. The highest BCUT2D eigenvalue weighted by atomic mass is 79.9. The number of nitrogens with zero attached hydrogens (tertiary/aromatic N) is 3. The standard InChI is InChI=1S/C11H19BrN4O2/c1-3-4-13-8(7-9-17-5-6-18-9)10-11(12)14-15-16(10)2/h8-9,13H,3-7H2,1-2H3. The summed E-state index contributed by atoms with van der Waals surface area (Å²) in [6, 6.07) is 0.127. The van der Waals surface area contributed by atoms with Crippen molar-refractivity contribution >= 4 is 15.9 Å². The molecule has 2 heterocycles. The maximum Gasteiger partial charge on any atom is 0.159 e. The minimum atomic E-state index is -0.138. The van der Waals surface area contributed by atoms with Gasteiger partial charge in [-0.1, -0.05) is 12.1 Å². The fraction of sp³-hybridized carbons (Fsp3) is 0.818. The van der Waals surface area contributed by atoms with Crippen LogP contribution in [0.15, 0.2) is 4.60 Å². The van der Waals surface area contributed by atoms with Gasteiger partial charge >= 0.3 is 0 Å². The Morgan fingerprint density at radius 2 is 2.22 bits per heavy atom. The summed E-state index contributed by atoms with van der Waals surface area (Å²) < 4.78 is 13.6. The summed E-state index contributed by atoms with van der Waals surface area (Å²) in [5.74, 6) is 0. The molecule has 0 radical (unpaired) electrons. The second-order valence-corrected chi connectivity index (χ2v) is 5.05. The first kappa shape index (κ1) is 13.9. The van der Waals surface area contributed by atoms with Gasteiger partial charge in [0, 0.05) is 13.5 Å². The number of rotatable bonds is 6. The van der Waals surface area contributed by atoms with Gasteiger partial charge in [-0.2, -0.15) is 0 Å². The van der Waals surface area contributed by atoms with Crippen LogP contribution in [0.3, 0.4) is 0 Å². The second kappa shape index (κ2) is 6.60. The van der Waals surface area contributed by atoms with E-state index in [9.17, 15) is 0 Å². The van der Waals surface area contributed by atoms with Crippen LogP contribution >= 0.6 is 15.9 Å². The van der Waals surface area contributed by atoms with E-state index in [1.165, 1.54) is 0 Å². The van der Waals surface area contributed by atoms with E-state index in [0.29, 0.717) is 13.2 Å². The quantitative estimate of drug-likeness (QED) is 0.858. The number of halogens is 1. The van der Waals surface area contributed by atoms with Crippen molar-refractivity contribution < 1.29 is 9.47 Å². The molecule has 1 aliphatic rings. The Balaban J connectivity index is 2.08. The summed E-state index contributed by atoms with van der Waals surface area (Å²) >= 11 is 3.44. The minimum Gasteiger partial charge on any atom is -0.350 e. The van der Waals surface area contributed by atoms with Crippen LogP contribution in [-0.2, 0) is 16.5 Å². The molecule has 0 aromatic carbocycles. The fourth-order valence-corrected chi connectivity index (χ4v) is 2.66. The molecule has 1 saturated heterocycles. The van der Waals surface area contributed by atoms with Crippen molar-refractivity contribution in [2.45, 2.75) is 32.1 Å². The van der Waals surface area contributed by atoms with Crippen molar-refractivity contribution in [2.24, 2.45) is 7.05 Å². The molecule has 7 heteroatoms. The van der Waals surface area contributed by atoms with Gasteiger partial charge in [-0.05, 0) is 28.9 Å². The maximum absolute atomic E-state index is 5.51. The zero-order valence-electron chi connectivity index (χ0n) is 10.7. The van der Waals surface area contributed by atoms with Gasteiger partial charge in [-0.15, -0.1) is 5.10 Å². The van der Waals surface area contributed by atoms with E-state index in [0.717, 1.165) is 29.7 Å². The molecule has 2 rings (SSSR count). The number of hydrogen-bond acceptors (Lipinski definition) is 5. The number of aryl methyl sites for hydroxylation is 1. The van der Waals surface area contributed by atoms with Crippen LogP contribution in [-0.4, -0.2) is 41.0 Å². The van der Waals surface area contributed by atoms with Gasteiger partial charge in [0.15, 0.2) is 10.9 Å².